The van der Waals surface area contributed by atoms with E-state index in [2.05, 4.69) is 0 Å². The first kappa shape index (κ1) is 25.9. The van der Waals surface area contributed by atoms with E-state index in [1.165, 1.54) is 12.8 Å². The normalized spacial score (nSPS) is 19.4. The molecule has 1 heterocycles. The van der Waals surface area contributed by atoms with Crippen molar-refractivity contribution in [2.75, 3.05) is 20.8 Å². The molecule has 7 heteroatoms. The third-order valence-electron chi connectivity index (χ3n) is 7.12. The lowest BCUT2D eigenvalue weighted by Crippen LogP contribution is -2.57. The Kier molecular flexibility index (Phi) is 8.39. The van der Waals surface area contributed by atoms with E-state index in [1.807, 2.05) is 61.2 Å². The summed E-state index contributed by atoms with van der Waals surface area (Å²) >= 11 is 0. The molecule has 1 aliphatic heterocycles. The fourth-order valence-electron chi connectivity index (χ4n) is 5.35. The van der Waals surface area contributed by atoms with Crippen molar-refractivity contribution in [2.24, 2.45) is 0 Å². The zero-order valence-corrected chi connectivity index (χ0v) is 21.9. The highest BCUT2D eigenvalue weighted by Crippen LogP contribution is 2.38. The zero-order valence-electron chi connectivity index (χ0n) is 21.9. The second-order valence-corrected chi connectivity index (χ2v) is 9.92. The Morgan fingerprint density at radius 3 is 2.25 bits per heavy atom. The molecule has 7 nitrogen and oxygen atoms in total. The van der Waals surface area contributed by atoms with E-state index in [0.29, 0.717) is 17.2 Å². The molecule has 1 saturated carbocycles. The standard InChI is InChI=1S/C29H38N2O5/c1-20(2)36-25-16-15-21(17-26(25)35-4)28-29(33)30(23-12-7-5-6-8-13-23)19-27(32)31(28)18-22-11-9-10-14-24(22)34-3/h9-11,14-17,20,23,28H,5-8,12-13,18-19H2,1-4H3/t28-/m1/s1. The van der Waals surface area contributed by atoms with Gasteiger partial charge in [-0.2, -0.15) is 0 Å². The summed E-state index contributed by atoms with van der Waals surface area (Å²) in [5, 5.41) is 0. The van der Waals surface area contributed by atoms with Crippen LogP contribution in [0.1, 0.15) is 69.5 Å². The number of nitrogens with zero attached hydrogens (tertiary/aromatic N) is 2. The molecule has 1 saturated heterocycles. The van der Waals surface area contributed by atoms with Crippen molar-refractivity contribution in [3.63, 3.8) is 0 Å². The highest BCUT2D eigenvalue weighted by atomic mass is 16.5. The minimum absolute atomic E-state index is 0.0181. The first-order valence-electron chi connectivity index (χ1n) is 13.0. The van der Waals surface area contributed by atoms with Gasteiger partial charge in [0.05, 0.1) is 26.9 Å². The molecule has 0 bridgehead atoms. The minimum atomic E-state index is -0.749. The number of benzene rings is 2. The molecular weight excluding hydrogens is 456 g/mol. The van der Waals surface area contributed by atoms with Crippen LogP contribution in [0.4, 0.5) is 0 Å². The molecule has 36 heavy (non-hydrogen) atoms. The van der Waals surface area contributed by atoms with Gasteiger partial charge in [0.25, 0.3) is 5.91 Å². The van der Waals surface area contributed by atoms with Gasteiger partial charge in [0, 0.05) is 11.6 Å². The van der Waals surface area contributed by atoms with E-state index in [1.54, 1.807) is 19.1 Å². The van der Waals surface area contributed by atoms with Crippen LogP contribution in [0.25, 0.3) is 0 Å². The Morgan fingerprint density at radius 2 is 1.58 bits per heavy atom. The number of ether oxygens (including phenoxy) is 3. The lowest BCUT2D eigenvalue weighted by atomic mass is 9.96. The molecule has 1 aliphatic carbocycles. The quantitative estimate of drug-likeness (QED) is 0.476. The largest absolute Gasteiger partial charge is 0.496 e. The zero-order chi connectivity index (χ0) is 25.7. The van der Waals surface area contributed by atoms with Crippen molar-refractivity contribution in [3.8, 4) is 17.2 Å². The molecule has 0 spiro atoms. The summed E-state index contributed by atoms with van der Waals surface area (Å²) in [5.74, 6) is 1.76. The van der Waals surface area contributed by atoms with Crippen LogP contribution in [-0.4, -0.2) is 54.5 Å². The summed E-state index contributed by atoms with van der Waals surface area (Å²) in [4.78, 5) is 31.3. The van der Waals surface area contributed by atoms with Crippen LogP contribution in [0, 0.1) is 0 Å². The molecule has 0 radical (unpaired) electrons. The van der Waals surface area contributed by atoms with Crippen LogP contribution >= 0.6 is 0 Å². The molecule has 2 fully saturated rings. The Morgan fingerprint density at radius 1 is 0.889 bits per heavy atom. The first-order chi connectivity index (χ1) is 17.4. The van der Waals surface area contributed by atoms with Gasteiger partial charge in [0.15, 0.2) is 11.5 Å². The molecule has 0 N–H and O–H groups in total. The Bertz CT molecular complexity index is 1060. The number of carbonyl (C=O) groups excluding carboxylic acids is 2. The maximum Gasteiger partial charge on any atom is 0.250 e. The molecule has 2 aromatic carbocycles. The number of rotatable bonds is 8. The van der Waals surface area contributed by atoms with E-state index in [0.717, 1.165) is 36.8 Å². The summed E-state index contributed by atoms with van der Waals surface area (Å²) in [6.07, 6.45) is 6.43. The Balaban J connectivity index is 1.73. The van der Waals surface area contributed by atoms with Crippen LogP contribution < -0.4 is 14.2 Å². The van der Waals surface area contributed by atoms with Crippen molar-refractivity contribution in [1.29, 1.82) is 0 Å². The van der Waals surface area contributed by atoms with Crippen molar-refractivity contribution < 1.29 is 23.8 Å². The van der Waals surface area contributed by atoms with Gasteiger partial charge in [-0.3, -0.25) is 9.59 Å². The van der Waals surface area contributed by atoms with Crippen LogP contribution in [0.15, 0.2) is 42.5 Å². The average molecular weight is 495 g/mol. The van der Waals surface area contributed by atoms with Gasteiger partial charge in [-0.15, -0.1) is 0 Å². The number of methoxy groups -OCH3 is 2. The number of hydrogen-bond donors (Lipinski definition) is 0. The fourth-order valence-corrected chi connectivity index (χ4v) is 5.35. The Hall–Kier alpha value is -3.22. The smallest absolute Gasteiger partial charge is 0.250 e. The molecule has 2 amide bonds. The summed E-state index contributed by atoms with van der Waals surface area (Å²) < 4.78 is 17.0. The van der Waals surface area contributed by atoms with Gasteiger partial charge in [0.1, 0.15) is 18.3 Å². The molecule has 2 aliphatic rings. The van der Waals surface area contributed by atoms with Gasteiger partial charge in [0.2, 0.25) is 5.91 Å². The highest BCUT2D eigenvalue weighted by molar-refractivity contribution is 5.96. The van der Waals surface area contributed by atoms with Crippen molar-refractivity contribution in [2.45, 2.75) is 77.1 Å². The minimum Gasteiger partial charge on any atom is -0.496 e. The highest BCUT2D eigenvalue weighted by Gasteiger charge is 2.43. The van der Waals surface area contributed by atoms with Gasteiger partial charge >= 0.3 is 0 Å². The summed E-state index contributed by atoms with van der Waals surface area (Å²) in [6.45, 7) is 4.30. The van der Waals surface area contributed by atoms with Crippen molar-refractivity contribution >= 4 is 11.8 Å². The summed E-state index contributed by atoms with van der Waals surface area (Å²) in [7, 11) is 3.20. The average Bonchev–Trinajstić information content (AvgIpc) is 3.16. The van der Waals surface area contributed by atoms with E-state index in [4.69, 9.17) is 14.2 Å². The van der Waals surface area contributed by atoms with Gasteiger partial charge in [-0.05, 0) is 50.5 Å². The van der Waals surface area contributed by atoms with E-state index >= 15 is 0 Å². The van der Waals surface area contributed by atoms with E-state index < -0.39 is 6.04 Å². The molecular formula is C29H38N2O5. The molecule has 0 unspecified atom stereocenters. The Labute approximate surface area is 214 Å². The molecule has 1 atom stereocenters. The maximum absolute atomic E-state index is 14.1. The van der Waals surface area contributed by atoms with Crippen LogP contribution in [-0.2, 0) is 16.1 Å². The number of carbonyl (C=O) groups is 2. The van der Waals surface area contributed by atoms with Gasteiger partial charge in [-0.1, -0.05) is 49.9 Å². The summed E-state index contributed by atoms with van der Waals surface area (Å²) in [6, 6.07) is 12.5. The van der Waals surface area contributed by atoms with Gasteiger partial charge in [-0.25, -0.2) is 0 Å². The molecule has 2 aromatic rings. The van der Waals surface area contributed by atoms with E-state index in [-0.39, 0.29) is 37.0 Å². The topological polar surface area (TPSA) is 68.3 Å². The van der Waals surface area contributed by atoms with Crippen LogP contribution in [0.3, 0.4) is 0 Å². The predicted molar refractivity (Wildman–Crippen MR) is 138 cm³/mol. The first-order valence-corrected chi connectivity index (χ1v) is 13.0. The fraction of sp³-hybridized carbons (Fsp3) is 0.517. The second kappa shape index (κ2) is 11.7. The SMILES string of the molecule is COc1ccccc1CN1C(=O)CN(C2CCCCCC2)C(=O)[C@H]1c1ccc(OC(C)C)c(OC)c1. The van der Waals surface area contributed by atoms with Crippen molar-refractivity contribution in [1.82, 2.24) is 9.80 Å². The van der Waals surface area contributed by atoms with Gasteiger partial charge < -0.3 is 24.0 Å². The number of para-hydroxylation sites is 1. The number of piperazine rings is 1. The predicted octanol–water partition coefficient (Wildman–Crippen LogP) is 5.13. The molecule has 194 valence electrons. The second-order valence-electron chi connectivity index (χ2n) is 9.92. The lowest BCUT2D eigenvalue weighted by molar-refractivity contribution is -0.159. The van der Waals surface area contributed by atoms with Crippen LogP contribution in [0.2, 0.25) is 0 Å². The van der Waals surface area contributed by atoms with E-state index in [9.17, 15) is 9.59 Å². The number of hydrogen-bond acceptors (Lipinski definition) is 5. The van der Waals surface area contributed by atoms with Crippen molar-refractivity contribution in [3.05, 3.63) is 53.6 Å². The third-order valence-corrected chi connectivity index (χ3v) is 7.12. The van der Waals surface area contributed by atoms with Crippen LogP contribution in [0.5, 0.6) is 17.2 Å². The summed E-state index contributed by atoms with van der Waals surface area (Å²) in [5.41, 5.74) is 1.58. The molecule has 0 aromatic heterocycles. The number of amides is 2. The maximum atomic E-state index is 14.1. The molecule has 4 rings (SSSR count). The lowest BCUT2D eigenvalue weighted by Gasteiger charge is -2.43. The monoisotopic (exact) mass is 494 g/mol. The third kappa shape index (κ3) is 5.61.